The molecule has 3 aromatic rings. The highest BCUT2D eigenvalue weighted by Gasteiger charge is 2.34. The Labute approximate surface area is 198 Å². The van der Waals surface area contributed by atoms with Crippen molar-refractivity contribution in [1.29, 1.82) is 0 Å². The minimum absolute atomic E-state index is 0.0126. The summed E-state index contributed by atoms with van der Waals surface area (Å²) in [6.07, 6.45) is 1.52. The number of nitro benzene ring substituents is 1. The van der Waals surface area contributed by atoms with Gasteiger partial charge in [-0.3, -0.25) is 19.8 Å². The lowest BCUT2D eigenvalue weighted by atomic mass is 10.2. The molecule has 35 heavy (non-hydrogen) atoms. The summed E-state index contributed by atoms with van der Waals surface area (Å²) in [6, 6.07) is 15.2. The van der Waals surface area contributed by atoms with E-state index in [1.54, 1.807) is 36.4 Å². The number of amides is 3. The normalized spacial score (nSPS) is 14.2. The molecule has 2 aromatic carbocycles. The van der Waals surface area contributed by atoms with Crippen molar-refractivity contribution in [1.82, 2.24) is 10.2 Å². The largest absolute Gasteiger partial charge is 0.489 e. The van der Waals surface area contributed by atoms with Crippen LogP contribution in [0.3, 0.4) is 0 Å². The first-order valence-corrected chi connectivity index (χ1v) is 10.3. The van der Waals surface area contributed by atoms with E-state index in [0.29, 0.717) is 16.9 Å². The number of methoxy groups -OCH3 is 1. The van der Waals surface area contributed by atoms with Gasteiger partial charge in [0.05, 0.1) is 18.6 Å². The number of hydrogen-bond acceptors (Lipinski definition) is 8. The number of non-ortho nitro benzene ring substituents is 1. The average Bonchev–Trinajstić information content (AvgIpc) is 3.43. The molecule has 4 rings (SSSR count). The van der Waals surface area contributed by atoms with Crippen LogP contribution >= 0.6 is 0 Å². The van der Waals surface area contributed by atoms with Crippen LogP contribution in [-0.4, -0.2) is 34.8 Å². The minimum Gasteiger partial charge on any atom is -0.489 e. The summed E-state index contributed by atoms with van der Waals surface area (Å²) >= 11 is 0. The van der Waals surface area contributed by atoms with Crippen LogP contribution in [0.25, 0.3) is 6.08 Å². The van der Waals surface area contributed by atoms with Crippen LogP contribution in [0.1, 0.15) is 27.4 Å². The van der Waals surface area contributed by atoms with Crippen LogP contribution in [0.2, 0.25) is 0 Å². The molecule has 0 aliphatic carbocycles. The van der Waals surface area contributed by atoms with Crippen molar-refractivity contribution in [3.8, 4) is 5.75 Å². The number of esters is 1. The van der Waals surface area contributed by atoms with Gasteiger partial charge in [-0.1, -0.05) is 24.3 Å². The molecule has 0 spiro atoms. The van der Waals surface area contributed by atoms with Crippen LogP contribution in [0, 0.1) is 10.1 Å². The molecular weight excluding hydrogens is 458 g/mol. The van der Waals surface area contributed by atoms with Crippen molar-refractivity contribution in [2.75, 3.05) is 7.11 Å². The van der Waals surface area contributed by atoms with Crippen molar-refractivity contribution >= 4 is 29.7 Å². The maximum atomic E-state index is 12.7. The van der Waals surface area contributed by atoms with Crippen molar-refractivity contribution in [3.05, 3.63) is 99.1 Å². The molecular formula is C24H19N3O8. The van der Waals surface area contributed by atoms with E-state index in [4.69, 9.17) is 9.15 Å². The summed E-state index contributed by atoms with van der Waals surface area (Å²) in [4.78, 5) is 47.9. The maximum absolute atomic E-state index is 12.7. The van der Waals surface area contributed by atoms with Gasteiger partial charge in [0.15, 0.2) is 0 Å². The number of nitrogens with zero attached hydrogens (tertiary/aromatic N) is 2. The van der Waals surface area contributed by atoms with E-state index in [1.165, 1.54) is 37.5 Å². The molecule has 0 radical (unpaired) electrons. The van der Waals surface area contributed by atoms with Gasteiger partial charge in [0, 0.05) is 12.1 Å². The molecule has 0 unspecified atom stereocenters. The monoisotopic (exact) mass is 477 g/mol. The van der Waals surface area contributed by atoms with Gasteiger partial charge in [-0.25, -0.2) is 9.59 Å². The zero-order chi connectivity index (χ0) is 24.9. The first-order chi connectivity index (χ1) is 16.8. The summed E-state index contributed by atoms with van der Waals surface area (Å²) in [6.45, 7) is -0.000479. The van der Waals surface area contributed by atoms with Gasteiger partial charge < -0.3 is 19.2 Å². The lowest BCUT2D eigenvalue weighted by molar-refractivity contribution is -0.384. The molecule has 2 heterocycles. The van der Waals surface area contributed by atoms with E-state index in [0.717, 1.165) is 4.90 Å². The quantitative estimate of drug-likeness (QED) is 0.170. The Morgan fingerprint density at radius 2 is 1.91 bits per heavy atom. The molecule has 178 valence electrons. The summed E-state index contributed by atoms with van der Waals surface area (Å²) in [5, 5.41) is 13.4. The van der Waals surface area contributed by atoms with Gasteiger partial charge >= 0.3 is 12.0 Å². The standard InChI is InChI=1S/C24H19N3O8/c1-33-23(29)21-10-9-19(35-21)13-26-22(28)20(25-24(26)30)12-15-5-7-18(8-6-15)34-14-16-3-2-4-17(11-16)27(31)32/h2-12H,13-14H2,1H3,(H,25,30)/b20-12-. The molecule has 3 amide bonds. The lowest BCUT2D eigenvalue weighted by Gasteiger charge is -2.09. The van der Waals surface area contributed by atoms with Crippen LogP contribution in [0.4, 0.5) is 10.5 Å². The number of hydrogen-bond donors (Lipinski definition) is 1. The fraction of sp³-hybridized carbons (Fsp3) is 0.125. The number of rotatable bonds is 8. The van der Waals surface area contributed by atoms with Crippen molar-refractivity contribution < 1.29 is 33.2 Å². The van der Waals surface area contributed by atoms with E-state index in [-0.39, 0.29) is 36.1 Å². The van der Waals surface area contributed by atoms with Crippen molar-refractivity contribution in [3.63, 3.8) is 0 Å². The number of urea groups is 1. The van der Waals surface area contributed by atoms with Gasteiger partial charge in [0.25, 0.3) is 11.6 Å². The summed E-state index contributed by atoms with van der Waals surface area (Å²) in [5.74, 6) is -0.455. The van der Waals surface area contributed by atoms with Gasteiger partial charge in [0.2, 0.25) is 5.76 Å². The number of furan rings is 1. The van der Waals surface area contributed by atoms with Gasteiger partial charge in [-0.15, -0.1) is 0 Å². The zero-order valence-electron chi connectivity index (χ0n) is 18.4. The smallest absolute Gasteiger partial charge is 0.373 e. The van der Waals surface area contributed by atoms with Gasteiger partial charge in [0.1, 0.15) is 23.8 Å². The average molecular weight is 477 g/mol. The Morgan fingerprint density at radius 1 is 1.14 bits per heavy atom. The summed E-state index contributed by atoms with van der Waals surface area (Å²) in [7, 11) is 1.22. The number of nitro groups is 1. The Hall–Kier alpha value is -4.93. The van der Waals surface area contributed by atoms with Crippen LogP contribution < -0.4 is 10.1 Å². The highest BCUT2D eigenvalue weighted by molar-refractivity contribution is 6.13. The molecule has 1 saturated heterocycles. The zero-order valence-corrected chi connectivity index (χ0v) is 18.4. The molecule has 0 atom stereocenters. The predicted molar refractivity (Wildman–Crippen MR) is 121 cm³/mol. The maximum Gasteiger partial charge on any atom is 0.373 e. The first kappa shape index (κ1) is 23.2. The van der Waals surface area contributed by atoms with Gasteiger partial charge in [-0.2, -0.15) is 0 Å². The molecule has 0 bridgehead atoms. The van der Waals surface area contributed by atoms with Crippen LogP contribution in [0.5, 0.6) is 5.75 Å². The molecule has 1 aromatic heterocycles. The molecule has 1 fully saturated rings. The van der Waals surface area contributed by atoms with E-state index < -0.39 is 22.8 Å². The predicted octanol–water partition coefficient (Wildman–Crippen LogP) is 3.65. The van der Waals surface area contributed by atoms with Crippen molar-refractivity contribution in [2.45, 2.75) is 13.2 Å². The molecule has 1 N–H and O–H groups in total. The fourth-order valence-corrected chi connectivity index (χ4v) is 3.30. The minimum atomic E-state index is -0.661. The second kappa shape index (κ2) is 9.91. The van der Waals surface area contributed by atoms with E-state index in [1.807, 2.05) is 0 Å². The number of imide groups is 1. The second-order valence-corrected chi connectivity index (χ2v) is 7.42. The first-order valence-electron chi connectivity index (χ1n) is 10.3. The third kappa shape index (κ3) is 5.36. The Morgan fingerprint density at radius 3 is 2.63 bits per heavy atom. The molecule has 1 aliphatic rings. The lowest BCUT2D eigenvalue weighted by Crippen LogP contribution is -2.30. The topological polar surface area (TPSA) is 141 Å². The molecule has 0 saturated carbocycles. The van der Waals surface area contributed by atoms with E-state index >= 15 is 0 Å². The third-order valence-electron chi connectivity index (χ3n) is 5.04. The Bertz CT molecular complexity index is 1330. The SMILES string of the molecule is COC(=O)c1ccc(CN2C(=O)N/C(=C\c3ccc(OCc4cccc([N+](=O)[O-])c4)cc3)C2=O)o1. The molecule has 11 nitrogen and oxygen atoms in total. The van der Waals surface area contributed by atoms with E-state index in [9.17, 15) is 24.5 Å². The number of carbonyl (C=O) groups is 3. The fourth-order valence-electron chi connectivity index (χ4n) is 3.30. The van der Waals surface area contributed by atoms with E-state index in [2.05, 4.69) is 10.1 Å². The number of benzene rings is 2. The third-order valence-corrected chi connectivity index (χ3v) is 5.04. The molecule has 1 aliphatic heterocycles. The number of ether oxygens (including phenoxy) is 2. The van der Waals surface area contributed by atoms with Crippen LogP contribution in [-0.2, 0) is 22.7 Å². The second-order valence-electron chi connectivity index (χ2n) is 7.42. The summed E-state index contributed by atoms with van der Waals surface area (Å²) in [5.41, 5.74) is 1.37. The molecule has 11 heteroatoms. The van der Waals surface area contributed by atoms with Gasteiger partial charge in [-0.05, 0) is 41.5 Å². The highest BCUT2D eigenvalue weighted by atomic mass is 16.6. The number of nitrogens with one attached hydrogen (secondary N) is 1. The van der Waals surface area contributed by atoms with Crippen molar-refractivity contribution in [2.24, 2.45) is 0 Å². The van der Waals surface area contributed by atoms with Crippen LogP contribution in [0.15, 0.2) is 70.8 Å². The highest BCUT2D eigenvalue weighted by Crippen LogP contribution is 2.21. The Kier molecular flexibility index (Phi) is 6.58. The number of carbonyl (C=O) groups excluding carboxylic acids is 3. The Balaban J connectivity index is 1.38. The summed E-state index contributed by atoms with van der Waals surface area (Å²) < 4.78 is 15.6.